The molecule has 0 spiro atoms. The average molecular weight is 363 g/mol. The van der Waals surface area contributed by atoms with Gasteiger partial charge in [0.25, 0.3) is 0 Å². The molecule has 0 aliphatic carbocycles. The second-order valence-electron chi connectivity index (χ2n) is 8.12. The van der Waals surface area contributed by atoms with Gasteiger partial charge in [0, 0.05) is 33.2 Å². The van der Waals surface area contributed by atoms with E-state index in [4.69, 9.17) is 0 Å². The van der Waals surface area contributed by atoms with Gasteiger partial charge in [-0.2, -0.15) is 0 Å². The van der Waals surface area contributed by atoms with Crippen molar-refractivity contribution in [3.05, 3.63) is 30.1 Å². The highest BCUT2D eigenvalue weighted by Crippen LogP contribution is 2.33. The zero-order valence-corrected chi connectivity index (χ0v) is 15.8. The SMILES string of the molecule is CNC(=O)[C@@]1(C)CCCN(CC2(O)CCN(c3ccccc3F)CC2)C1. The van der Waals surface area contributed by atoms with E-state index in [0.717, 1.165) is 19.4 Å². The lowest BCUT2D eigenvalue weighted by atomic mass is 9.80. The lowest BCUT2D eigenvalue weighted by Gasteiger charge is -2.45. The number of halogens is 1. The molecular weight excluding hydrogens is 333 g/mol. The maximum absolute atomic E-state index is 14.0. The van der Waals surface area contributed by atoms with E-state index in [1.807, 2.05) is 17.9 Å². The number of nitrogens with zero attached hydrogens (tertiary/aromatic N) is 2. The third-order valence-corrected chi connectivity index (χ3v) is 5.96. The summed E-state index contributed by atoms with van der Waals surface area (Å²) in [5, 5.41) is 13.8. The molecule has 0 unspecified atom stereocenters. The van der Waals surface area contributed by atoms with Gasteiger partial charge >= 0.3 is 0 Å². The van der Waals surface area contributed by atoms with E-state index in [-0.39, 0.29) is 11.7 Å². The van der Waals surface area contributed by atoms with Crippen LogP contribution in [0.2, 0.25) is 0 Å². The summed E-state index contributed by atoms with van der Waals surface area (Å²) >= 11 is 0. The molecule has 6 heteroatoms. The predicted molar refractivity (Wildman–Crippen MR) is 101 cm³/mol. The van der Waals surface area contributed by atoms with Crippen LogP contribution in [0.3, 0.4) is 0 Å². The number of carbonyl (C=O) groups is 1. The Kier molecular flexibility index (Phi) is 5.53. The van der Waals surface area contributed by atoms with Crippen LogP contribution in [0.1, 0.15) is 32.6 Å². The van der Waals surface area contributed by atoms with E-state index >= 15 is 0 Å². The van der Waals surface area contributed by atoms with E-state index < -0.39 is 11.0 Å². The Morgan fingerprint density at radius 1 is 1.23 bits per heavy atom. The molecule has 2 aliphatic heterocycles. The second-order valence-corrected chi connectivity index (χ2v) is 8.12. The molecule has 5 nitrogen and oxygen atoms in total. The van der Waals surface area contributed by atoms with Crippen LogP contribution < -0.4 is 10.2 Å². The molecule has 0 aromatic heterocycles. The average Bonchev–Trinajstić information content (AvgIpc) is 2.62. The van der Waals surface area contributed by atoms with Gasteiger partial charge in [-0.3, -0.25) is 9.69 Å². The summed E-state index contributed by atoms with van der Waals surface area (Å²) < 4.78 is 14.0. The van der Waals surface area contributed by atoms with Crippen molar-refractivity contribution in [3.8, 4) is 0 Å². The first-order valence-corrected chi connectivity index (χ1v) is 9.52. The molecule has 2 saturated heterocycles. The molecule has 2 aliphatic rings. The highest BCUT2D eigenvalue weighted by atomic mass is 19.1. The van der Waals surface area contributed by atoms with Crippen molar-refractivity contribution in [3.63, 3.8) is 0 Å². The fourth-order valence-corrected chi connectivity index (χ4v) is 4.41. The number of piperidine rings is 2. The molecule has 144 valence electrons. The van der Waals surface area contributed by atoms with Gasteiger partial charge in [0.15, 0.2) is 0 Å². The Labute approximate surface area is 155 Å². The molecule has 3 rings (SSSR count). The summed E-state index contributed by atoms with van der Waals surface area (Å²) in [6.45, 7) is 5.43. The standard InChI is InChI=1S/C20H30FN3O2/c1-19(18(25)22-2)8-5-11-23(14-19)15-20(26)9-12-24(13-10-20)17-7-4-3-6-16(17)21/h3-4,6-7,26H,5,8-15H2,1-2H3,(H,22,25)/t19-/m0/s1. The molecule has 2 N–H and O–H groups in total. The van der Waals surface area contributed by atoms with Gasteiger partial charge < -0.3 is 15.3 Å². The number of hydrogen-bond acceptors (Lipinski definition) is 4. The molecule has 1 amide bonds. The van der Waals surface area contributed by atoms with Gasteiger partial charge in [0.05, 0.1) is 16.7 Å². The minimum atomic E-state index is -0.775. The Bertz CT molecular complexity index is 646. The van der Waals surface area contributed by atoms with Gasteiger partial charge in [0.2, 0.25) is 5.91 Å². The van der Waals surface area contributed by atoms with E-state index in [2.05, 4.69) is 10.2 Å². The minimum Gasteiger partial charge on any atom is -0.388 e. The normalized spacial score (nSPS) is 26.5. The summed E-state index contributed by atoms with van der Waals surface area (Å²) in [6.07, 6.45) is 3.05. The van der Waals surface area contributed by atoms with Crippen molar-refractivity contribution in [1.82, 2.24) is 10.2 Å². The van der Waals surface area contributed by atoms with E-state index in [0.29, 0.717) is 44.7 Å². The summed E-state index contributed by atoms with van der Waals surface area (Å²) in [5.41, 5.74) is -0.556. The smallest absolute Gasteiger partial charge is 0.226 e. The Morgan fingerprint density at radius 2 is 1.92 bits per heavy atom. The van der Waals surface area contributed by atoms with Gasteiger partial charge in [-0.25, -0.2) is 4.39 Å². The van der Waals surface area contributed by atoms with Gasteiger partial charge in [-0.15, -0.1) is 0 Å². The third-order valence-electron chi connectivity index (χ3n) is 5.96. The fraction of sp³-hybridized carbons (Fsp3) is 0.650. The van der Waals surface area contributed by atoms with Crippen LogP contribution in [0.15, 0.2) is 24.3 Å². The molecule has 0 saturated carbocycles. The number of likely N-dealkylation sites (tertiary alicyclic amines) is 1. The number of nitrogens with one attached hydrogen (secondary N) is 1. The highest BCUT2D eigenvalue weighted by Gasteiger charge is 2.41. The quantitative estimate of drug-likeness (QED) is 0.859. The van der Waals surface area contributed by atoms with Crippen molar-refractivity contribution in [2.75, 3.05) is 44.7 Å². The van der Waals surface area contributed by atoms with Crippen LogP contribution in [-0.4, -0.2) is 61.3 Å². The molecule has 2 heterocycles. The van der Waals surface area contributed by atoms with E-state index in [1.54, 1.807) is 19.2 Å². The second kappa shape index (κ2) is 7.53. The van der Waals surface area contributed by atoms with Crippen molar-refractivity contribution in [2.45, 2.75) is 38.2 Å². The van der Waals surface area contributed by atoms with Crippen molar-refractivity contribution >= 4 is 11.6 Å². The molecule has 0 radical (unpaired) electrons. The lowest BCUT2D eigenvalue weighted by Crippen LogP contribution is -2.56. The number of anilines is 1. The Balaban J connectivity index is 1.59. The first-order valence-electron chi connectivity index (χ1n) is 9.52. The molecule has 1 atom stereocenters. The molecule has 0 bridgehead atoms. The summed E-state index contributed by atoms with van der Waals surface area (Å²) in [5.74, 6) is -0.140. The number of β-amino-alcohol motifs (C(OH)–C–C–N with tert-alkyl or cyclic N) is 1. The van der Waals surface area contributed by atoms with Gasteiger partial charge in [-0.05, 0) is 51.3 Å². The minimum absolute atomic E-state index is 0.0727. The lowest BCUT2D eigenvalue weighted by molar-refractivity contribution is -0.134. The topological polar surface area (TPSA) is 55.8 Å². The zero-order chi connectivity index (χ0) is 18.8. The Morgan fingerprint density at radius 3 is 2.58 bits per heavy atom. The van der Waals surface area contributed by atoms with E-state index in [1.165, 1.54) is 6.07 Å². The van der Waals surface area contributed by atoms with E-state index in [9.17, 15) is 14.3 Å². The largest absolute Gasteiger partial charge is 0.388 e. The zero-order valence-electron chi connectivity index (χ0n) is 15.8. The number of aliphatic hydroxyl groups is 1. The summed E-state index contributed by atoms with van der Waals surface area (Å²) in [4.78, 5) is 16.4. The molecule has 26 heavy (non-hydrogen) atoms. The molecule has 2 fully saturated rings. The Hall–Kier alpha value is -1.66. The highest BCUT2D eigenvalue weighted by molar-refractivity contribution is 5.82. The first kappa shape index (κ1) is 19.1. The van der Waals surface area contributed by atoms with Crippen molar-refractivity contribution in [2.24, 2.45) is 5.41 Å². The number of para-hydroxylation sites is 1. The maximum Gasteiger partial charge on any atom is 0.226 e. The third kappa shape index (κ3) is 4.01. The van der Waals surface area contributed by atoms with Gasteiger partial charge in [0.1, 0.15) is 5.82 Å². The fourth-order valence-electron chi connectivity index (χ4n) is 4.41. The molecule has 1 aromatic rings. The number of amides is 1. The number of carbonyl (C=O) groups excluding carboxylic acids is 1. The van der Waals surface area contributed by atoms with Crippen LogP contribution in [0.5, 0.6) is 0 Å². The number of hydrogen-bond donors (Lipinski definition) is 2. The van der Waals surface area contributed by atoms with Crippen LogP contribution in [0.4, 0.5) is 10.1 Å². The molecular formula is C20H30FN3O2. The van der Waals surface area contributed by atoms with Crippen LogP contribution >= 0.6 is 0 Å². The number of rotatable bonds is 4. The summed E-state index contributed by atoms with van der Waals surface area (Å²) in [7, 11) is 1.68. The van der Waals surface area contributed by atoms with Crippen molar-refractivity contribution in [1.29, 1.82) is 0 Å². The first-order chi connectivity index (χ1) is 12.4. The van der Waals surface area contributed by atoms with Crippen LogP contribution in [0, 0.1) is 11.2 Å². The monoisotopic (exact) mass is 363 g/mol. The molecule has 1 aromatic carbocycles. The summed E-state index contributed by atoms with van der Waals surface area (Å²) in [6, 6.07) is 6.80. The van der Waals surface area contributed by atoms with Crippen LogP contribution in [-0.2, 0) is 4.79 Å². The predicted octanol–water partition coefficient (Wildman–Crippen LogP) is 2.01. The maximum atomic E-state index is 14.0. The van der Waals surface area contributed by atoms with Crippen LogP contribution in [0.25, 0.3) is 0 Å². The van der Waals surface area contributed by atoms with Gasteiger partial charge in [-0.1, -0.05) is 12.1 Å². The van der Waals surface area contributed by atoms with Crippen molar-refractivity contribution < 1.29 is 14.3 Å². The number of benzene rings is 1.